The van der Waals surface area contributed by atoms with Crippen molar-refractivity contribution in [2.24, 2.45) is 0 Å². The van der Waals surface area contributed by atoms with Gasteiger partial charge in [-0.3, -0.25) is 0 Å². The Morgan fingerprint density at radius 1 is 1.00 bits per heavy atom. The van der Waals surface area contributed by atoms with Crippen molar-refractivity contribution in [3.8, 4) is 11.8 Å². The van der Waals surface area contributed by atoms with Gasteiger partial charge in [0.2, 0.25) is 0 Å². The van der Waals surface area contributed by atoms with Gasteiger partial charge in [-0.15, -0.1) is 11.3 Å². The molecule has 0 bridgehead atoms. The lowest BCUT2D eigenvalue weighted by Gasteiger charge is -1.91. The third-order valence-electron chi connectivity index (χ3n) is 2.33. The van der Waals surface area contributed by atoms with Crippen molar-refractivity contribution in [1.29, 1.82) is 0 Å². The molecule has 0 amide bonds. The summed E-state index contributed by atoms with van der Waals surface area (Å²) in [4.78, 5) is 0.760. The monoisotopic (exact) mass is 276 g/mol. The molecule has 0 aliphatic carbocycles. The Hall–Kier alpha value is -1.57. The van der Waals surface area contributed by atoms with Gasteiger partial charge in [0.15, 0.2) is 9.84 Å². The van der Waals surface area contributed by atoms with Gasteiger partial charge in [0.1, 0.15) is 4.21 Å². The fraction of sp³-hybridized carbons (Fsp3) is 0.143. The summed E-state index contributed by atoms with van der Waals surface area (Å²) in [5.41, 5.74) is 2.12. The number of benzene rings is 1. The van der Waals surface area contributed by atoms with Crippen LogP contribution in [0, 0.1) is 18.8 Å². The lowest BCUT2D eigenvalue weighted by molar-refractivity contribution is 0.604. The summed E-state index contributed by atoms with van der Waals surface area (Å²) in [6, 6.07) is 11.2. The third-order valence-corrected chi connectivity index (χ3v) is 5.15. The molecule has 0 aliphatic heterocycles. The van der Waals surface area contributed by atoms with Crippen LogP contribution in [0.5, 0.6) is 0 Å². The number of hydrogen-bond donors (Lipinski definition) is 0. The number of aryl methyl sites for hydroxylation is 1. The van der Waals surface area contributed by atoms with Crippen LogP contribution in [-0.2, 0) is 9.84 Å². The zero-order valence-corrected chi connectivity index (χ0v) is 11.7. The molecule has 2 aromatic rings. The standard InChI is InChI=1S/C14H12O2S2/c1-11-3-5-12(6-4-11)7-8-13-9-10-14(17-13)18(2,15)16/h3-6,9-10H,1-2H3. The molecule has 1 heterocycles. The molecular formula is C14H12O2S2. The Bertz CT molecular complexity index is 711. The first-order valence-corrected chi connectivity index (χ1v) is 8.04. The van der Waals surface area contributed by atoms with Crippen molar-refractivity contribution in [2.75, 3.05) is 6.26 Å². The molecule has 0 saturated carbocycles. The highest BCUT2D eigenvalue weighted by molar-refractivity contribution is 7.92. The molecule has 1 aromatic heterocycles. The second kappa shape index (κ2) is 4.97. The molecule has 0 radical (unpaired) electrons. The maximum atomic E-state index is 11.3. The molecule has 0 atom stereocenters. The summed E-state index contributed by atoms with van der Waals surface area (Å²) in [5, 5.41) is 0. The van der Waals surface area contributed by atoms with Crippen molar-refractivity contribution in [2.45, 2.75) is 11.1 Å². The quantitative estimate of drug-likeness (QED) is 0.751. The largest absolute Gasteiger partial charge is 0.223 e. The molecule has 2 rings (SSSR count). The van der Waals surface area contributed by atoms with Crippen molar-refractivity contribution in [3.63, 3.8) is 0 Å². The first-order chi connectivity index (χ1) is 8.45. The molecule has 0 fully saturated rings. The van der Waals surface area contributed by atoms with Crippen LogP contribution in [0.15, 0.2) is 40.6 Å². The fourth-order valence-corrected chi connectivity index (χ4v) is 3.14. The number of hydrogen-bond acceptors (Lipinski definition) is 3. The normalized spacial score (nSPS) is 10.8. The Labute approximate surface area is 111 Å². The van der Waals surface area contributed by atoms with Crippen molar-refractivity contribution < 1.29 is 8.42 Å². The predicted octanol–water partition coefficient (Wildman–Crippen LogP) is 2.86. The zero-order valence-electron chi connectivity index (χ0n) is 10.1. The molecule has 0 saturated heterocycles. The zero-order chi connectivity index (χ0) is 13.2. The first-order valence-electron chi connectivity index (χ1n) is 5.34. The topological polar surface area (TPSA) is 34.1 Å². The van der Waals surface area contributed by atoms with Crippen LogP contribution >= 0.6 is 11.3 Å². The average molecular weight is 276 g/mol. The first kappa shape index (κ1) is 12.9. The maximum absolute atomic E-state index is 11.3. The molecule has 4 heteroatoms. The lowest BCUT2D eigenvalue weighted by atomic mass is 10.1. The van der Waals surface area contributed by atoms with E-state index in [1.807, 2.05) is 31.2 Å². The number of rotatable bonds is 1. The summed E-state index contributed by atoms with van der Waals surface area (Å²) in [6.07, 6.45) is 1.20. The van der Waals surface area contributed by atoms with Crippen molar-refractivity contribution in [3.05, 3.63) is 52.4 Å². The number of thiophene rings is 1. The molecule has 0 aliphatic rings. The number of sulfone groups is 1. The summed E-state index contributed by atoms with van der Waals surface area (Å²) < 4.78 is 23.0. The van der Waals surface area contributed by atoms with Gasteiger partial charge in [-0.05, 0) is 31.2 Å². The summed E-state index contributed by atoms with van der Waals surface area (Å²) in [6.45, 7) is 2.02. The van der Waals surface area contributed by atoms with Gasteiger partial charge in [-0.1, -0.05) is 29.5 Å². The van der Waals surface area contributed by atoms with Gasteiger partial charge in [0, 0.05) is 11.8 Å². The highest BCUT2D eigenvalue weighted by Crippen LogP contribution is 2.20. The Balaban J connectivity index is 2.25. The molecule has 1 aromatic carbocycles. The minimum atomic E-state index is -3.12. The van der Waals surface area contributed by atoms with E-state index in [9.17, 15) is 8.42 Å². The van der Waals surface area contributed by atoms with Gasteiger partial charge in [0.25, 0.3) is 0 Å². The van der Waals surface area contributed by atoms with E-state index in [1.165, 1.54) is 23.2 Å². The van der Waals surface area contributed by atoms with Crippen LogP contribution in [0.1, 0.15) is 16.0 Å². The minimum absolute atomic E-state index is 0.357. The molecule has 18 heavy (non-hydrogen) atoms. The molecular weight excluding hydrogens is 264 g/mol. The fourth-order valence-electron chi connectivity index (χ4n) is 1.36. The van der Waals surface area contributed by atoms with Gasteiger partial charge >= 0.3 is 0 Å². The summed E-state index contributed by atoms with van der Waals surface area (Å²) in [7, 11) is -3.12. The molecule has 0 unspecified atom stereocenters. The van der Waals surface area contributed by atoms with Crippen LogP contribution in [0.3, 0.4) is 0 Å². The average Bonchev–Trinajstić information content (AvgIpc) is 2.77. The third kappa shape index (κ3) is 3.22. The molecule has 0 spiro atoms. The predicted molar refractivity (Wildman–Crippen MR) is 74.6 cm³/mol. The molecule has 0 N–H and O–H groups in total. The second-order valence-electron chi connectivity index (χ2n) is 4.01. The van der Waals surface area contributed by atoms with Gasteiger partial charge in [-0.2, -0.15) is 0 Å². The summed E-state index contributed by atoms with van der Waals surface area (Å²) >= 11 is 1.20. The lowest BCUT2D eigenvalue weighted by Crippen LogP contribution is -1.91. The molecule has 2 nitrogen and oxygen atoms in total. The van der Waals surface area contributed by atoms with E-state index in [4.69, 9.17) is 0 Å². The maximum Gasteiger partial charge on any atom is 0.184 e. The smallest absolute Gasteiger partial charge is 0.184 e. The van der Waals surface area contributed by atoms with Crippen molar-refractivity contribution in [1.82, 2.24) is 0 Å². The van der Waals surface area contributed by atoms with Gasteiger partial charge in [0.05, 0.1) is 4.88 Å². The van der Waals surface area contributed by atoms with E-state index >= 15 is 0 Å². The van der Waals surface area contributed by atoms with E-state index in [0.717, 1.165) is 10.4 Å². The van der Waals surface area contributed by atoms with E-state index in [-0.39, 0.29) is 0 Å². The van der Waals surface area contributed by atoms with Crippen LogP contribution in [0.25, 0.3) is 0 Å². The van der Waals surface area contributed by atoms with Crippen molar-refractivity contribution >= 4 is 21.2 Å². The van der Waals surface area contributed by atoms with E-state index in [2.05, 4.69) is 11.8 Å². The van der Waals surface area contributed by atoms with E-state index in [1.54, 1.807) is 12.1 Å². The SMILES string of the molecule is Cc1ccc(C#Cc2ccc(S(C)(=O)=O)s2)cc1. The molecule has 92 valence electrons. The Morgan fingerprint density at radius 3 is 2.22 bits per heavy atom. The minimum Gasteiger partial charge on any atom is -0.223 e. The second-order valence-corrected chi connectivity index (χ2v) is 7.33. The van der Waals surface area contributed by atoms with E-state index in [0.29, 0.717) is 4.21 Å². The van der Waals surface area contributed by atoms with E-state index < -0.39 is 9.84 Å². The highest BCUT2D eigenvalue weighted by atomic mass is 32.2. The summed E-state index contributed by atoms with van der Waals surface area (Å²) in [5.74, 6) is 6.00. The Kier molecular flexibility index (Phi) is 3.55. The van der Waals surface area contributed by atoms with Crippen LogP contribution in [0.4, 0.5) is 0 Å². The van der Waals surface area contributed by atoms with Crippen LogP contribution in [-0.4, -0.2) is 14.7 Å². The van der Waals surface area contributed by atoms with Gasteiger partial charge in [-0.25, -0.2) is 8.42 Å². The van der Waals surface area contributed by atoms with Gasteiger partial charge < -0.3 is 0 Å². The van der Waals surface area contributed by atoms with Crippen LogP contribution in [0.2, 0.25) is 0 Å². The highest BCUT2D eigenvalue weighted by Gasteiger charge is 2.09. The van der Waals surface area contributed by atoms with Crippen LogP contribution < -0.4 is 0 Å². The Morgan fingerprint density at radius 2 is 1.67 bits per heavy atom.